The van der Waals surface area contributed by atoms with Gasteiger partial charge in [0, 0.05) is 88.0 Å². The Morgan fingerprint density at radius 2 is 0.914 bits per heavy atom. The molecule has 51 heteroatoms. The van der Waals surface area contributed by atoms with Crippen LogP contribution in [0.15, 0.2) is 12.5 Å². The van der Waals surface area contributed by atoms with Gasteiger partial charge in [-0.3, -0.25) is 97.1 Å². The molecule has 20 amide bonds. The molecule has 6 aliphatic rings. The molecule has 20 atom stereocenters. The number of likely N-dealkylation sites (tertiary alicyclic amines) is 4. The number of hydrogen-bond acceptors (Lipinski definition) is 26. The summed E-state index contributed by atoms with van der Waals surface area (Å²) in [7, 11) is 0. The number of guanidine groups is 2. The third-order valence-corrected chi connectivity index (χ3v) is 27.1. The molecule has 1 aromatic rings. The first-order chi connectivity index (χ1) is 66.4. The van der Waals surface area contributed by atoms with Gasteiger partial charge >= 0.3 is 6.03 Å². The van der Waals surface area contributed by atoms with Crippen LogP contribution in [0.3, 0.4) is 0 Å². The van der Waals surface area contributed by atoms with E-state index >= 15 is 4.79 Å². The van der Waals surface area contributed by atoms with Gasteiger partial charge in [-0.1, -0.05) is 34.1 Å². The Kier molecular flexibility index (Phi) is 46.6. The van der Waals surface area contributed by atoms with Crippen LogP contribution >= 0.6 is 11.8 Å². The number of aliphatic hydroxyl groups is 1. The number of nitrogens with one attached hydrogen (secondary N) is 19. The lowest BCUT2D eigenvalue weighted by Crippen LogP contribution is -2.62. The van der Waals surface area contributed by atoms with Crippen LogP contribution in [0.2, 0.25) is 0 Å². The molecule has 7 heterocycles. The van der Waals surface area contributed by atoms with Gasteiger partial charge in [-0.15, -0.1) is 0 Å². The van der Waals surface area contributed by atoms with E-state index in [1.807, 2.05) is 25.6 Å². The van der Waals surface area contributed by atoms with E-state index in [9.17, 15) is 91.4 Å². The topological polar surface area (TPSA) is 782 Å². The van der Waals surface area contributed by atoms with Gasteiger partial charge in [0.1, 0.15) is 90.6 Å². The highest BCUT2D eigenvalue weighted by atomic mass is 32.2. The van der Waals surface area contributed by atoms with Crippen LogP contribution in [0.5, 0.6) is 0 Å². The number of amides is 20. The van der Waals surface area contributed by atoms with Crippen molar-refractivity contribution in [3.8, 4) is 0 Å². The minimum atomic E-state index is -1.81. The van der Waals surface area contributed by atoms with Crippen molar-refractivity contribution in [3.63, 3.8) is 0 Å². The van der Waals surface area contributed by atoms with Crippen LogP contribution < -0.4 is 119 Å². The molecule has 50 nitrogen and oxygen atoms in total. The lowest BCUT2D eigenvalue weighted by Gasteiger charge is -2.33. The van der Waals surface area contributed by atoms with E-state index < -0.39 is 215 Å². The predicted molar refractivity (Wildman–Crippen MR) is 513 cm³/mol. The molecule has 0 aromatic carbocycles. The van der Waals surface area contributed by atoms with E-state index in [1.54, 1.807) is 13.8 Å². The Morgan fingerprint density at radius 1 is 0.471 bits per heavy atom. The zero-order valence-corrected chi connectivity index (χ0v) is 82.2. The third kappa shape index (κ3) is 35.5. The molecule has 0 bridgehead atoms. The maximum atomic E-state index is 15.1. The molecular weight excluding hydrogens is 1840 g/mol. The van der Waals surface area contributed by atoms with Crippen molar-refractivity contribution < 1.29 is 96.2 Å². The lowest BCUT2D eigenvalue weighted by atomic mass is 10.0. The van der Waals surface area contributed by atoms with E-state index in [1.165, 1.54) is 59.8 Å². The van der Waals surface area contributed by atoms with Crippen molar-refractivity contribution in [3.05, 3.63) is 18.2 Å². The normalized spacial score (nSPS) is 20.9. The average molecular weight is 1990 g/mol. The number of urea groups is 1. The van der Waals surface area contributed by atoms with Crippen LogP contribution in [0.25, 0.3) is 0 Å². The number of fused-ring (bicyclic) bond motifs is 1. The number of rotatable bonds is 58. The molecule has 6 saturated heterocycles. The number of nitrogens with two attached hydrogens (primary N) is 6. The fourth-order valence-electron chi connectivity index (χ4n) is 17.9. The molecule has 32 N–H and O–H groups in total. The summed E-state index contributed by atoms with van der Waals surface area (Å²) in [5.74, 6) is -14.4. The Balaban J connectivity index is 0.943. The van der Waals surface area contributed by atoms with Gasteiger partial charge in [0.2, 0.25) is 106 Å². The molecule has 0 aliphatic carbocycles. The summed E-state index contributed by atoms with van der Waals surface area (Å²) >= 11 is 1.81. The molecular formula is C89H150N30O20S. The Hall–Kier alpha value is -12.3. The maximum absolute atomic E-state index is 15.1. The standard InChI is InChI=1S/C89H150N30O20S/c1-46(2)41-58(110-75(127)54(106-72(124)48(5)91)23-15-35-100-87(94)95)85(137)118-39-19-27-63(118)79(131)107-55(24-16-36-101-88(96)97)76(128)114-69(51(8)120)82(134)104-50(7)74(126)113-68(47(3)4)81(133)111-59(42-52-43-98-45-102-52)86(138)119-40-20-28-64(119)80(132)109-56(22-11-13-33-90)83(135)116-37-17-25-61(116)77(129)103-49(6)73(125)108-57(31-32-66(92)121)84(136)117-38-18-26-62(117)78(130)105-53(71(93)123)21-12-14-34-99-67(122)30-10-9-29-65-70-60(44-140-65)112-89(139)115-70/h43,45-51,53-65,68-70,120H,9-42,44,90-91H2,1-8H3,(H2,92,121)(H2,93,123)(H,98,102)(H,99,122)(H,103,129)(H,104,134)(H,105,130)(H,106,124)(H,107,131)(H,108,125)(H,109,132)(H,110,127)(H,111,133)(H,113,126)(H,114,128)(H4,94,95,100)(H4,96,97,101)(H2,112,115,139)/t48-,49-,50-,51+,53-,54-,55-,56-,57-,58-,59-,60-,61-,62-,63-,64-,65-,68-,69-,70-/m0/s1. The summed E-state index contributed by atoms with van der Waals surface area (Å²) in [6.07, 6.45) is 6.79. The zero-order valence-electron chi connectivity index (χ0n) is 81.4. The lowest BCUT2D eigenvalue weighted by molar-refractivity contribution is -0.145. The second-order valence-electron chi connectivity index (χ2n) is 37.7. The van der Waals surface area contributed by atoms with E-state index in [0.717, 1.165) is 18.6 Å². The number of imidazole rings is 1. The molecule has 0 radical (unpaired) electrons. The minimum Gasteiger partial charge on any atom is -0.391 e. The van der Waals surface area contributed by atoms with Crippen molar-refractivity contribution in [2.24, 2.45) is 46.2 Å². The highest BCUT2D eigenvalue weighted by molar-refractivity contribution is 8.00. The second kappa shape index (κ2) is 56.8. The first-order valence-corrected chi connectivity index (χ1v) is 49.8. The quantitative estimate of drug-likeness (QED) is 0.0125. The number of aromatic nitrogens is 2. The highest BCUT2D eigenvalue weighted by Gasteiger charge is 2.48. The summed E-state index contributed by atoms with van der Waals surface area (Å²) in [4.78, 5) is 277. The van der Waals surface area contributed by atoms with Crippen LogP contribution in [-0.2, 0) is 92.7 Å². The van der Waals surface area contributed by atoms with Crippen molar-refractivity contribution in [2.75, 3.05) is 58.1 Å². The predicted octanol–water partition coefficient (Wildman–Crippen LogP) is -6.86. The number of aromatic amines is 1. The number of thioether (sulfide) groups is 1. The van der Waals surface area contributed by atoms with E-state index in [-0.39, 0.29) is 177 Å². The van der Waals surface area contributed by atoms with Gasteiger partial charge < -0.3 is 149 Å². The molecule has 140 heavy (non-hydrogen) atoms. The second-order valence-corrected chi connectivity index (χ2v) is 38.9. The van der Waals surface area contributed by atoms with Crippen molar-refractivity contribution in [1.29, 1.82) is 10.8 Å². The molecule has 0 unspecified atom stereocenters. The molecule has 7 rings (SSSR count). The zero-order chi connectivity index (χ0) is 103. The molecule has 1 aromatic heterocycles. The van der Waals surface area contributed by atoms with Crippen LogP contribution in [-0.4, -0.2) is 337 Å². The average Bonchev–Trinajstić information content (AvgIpc) is 1.71. The maximum Gasteiger partial charge on any atom is 0.315 e. The molecule has 6 fully saturated rings. The fourth-order valence-corrected chi connectivity index (χ4v) is 19.5. The van der Waals surface area contributed by atoms with Crippen LogP contribution in [0.1, 0.15) is 222 Å². The number of carbonyl (C=O) groups is 19. The van der Waals surface area contributed by atoms with E-state index in [2.05, 4.69) is 95.0 Å². The van der Waals surface area contributed by atoms with Crippen molar-refractivity contribution in [1.82, 2.24) is 115 Å². The number of aliphatic hydroxyl groups excluding tert-OH is 1. The van der Waals surface area contributed by atoms with Gasteiger partial charge in [-0.2, -0.15) is 11.8 Å². The summed E-state index contributed by atoms with van der Waals surface area (Å²) in [6, 6.07) is -20.9. The largest absolute Gasteiger partial charge is 0.391 e. The van der Waals surface area contributed by atoms with E-state index in [4.69, 9.17) is 45.2 Å². The van der Waals surface area contributed by atoms with Gasteiger partial charge in [0.05, 0.1) is 30.6 Å². The molecule has 0 saturated carbocycles. The summed E-state index contributed by atoms with van der Waals surface area (Å²) in [5.41, 5.74) is 34.3. The number of H-pyrrole nitrogens is 1. The monoisotopic (exact) mass is 1990 g/mol. The first-order valence-electron chi connectivity index (χ1n) is 48.8. The Labute approximate surface area is 818 Å². The van der Waals surface area contributed by atoms with Crippen LogP contribution in [0, 0.1) is 22.7 Å². The van der Waals surface area contributed by atoms with Gasteiger partial charge in [-0.05, 0) is 187 Å². The van der Waals surface area contributed by atoms with Crippen LogP contribution in [0.4, 0.5) is 4.79 Å². The number of primary amides is 2. The molecule has 6 aliphatic heterocycles. The summed E-state index contributed by atoms with van der Waals surface area (Å²) in [6.45, 7) is 12.9. The smallest absolute Gasteiger partial charge is 0.315 e. The van der Waals surface area contributed by atoms with Crippen molar-refractivity contribution in [2.45, 2.75) is 342 Å². The molecule has 0 spiro atoms. The Morgan fingerprint density at radius 3 is 1.42 bits per heavy atom. The first kappa shape index (κ1) is 115. The number of hydrogen-bond donors (Lipinski definition) is 26. The summed E-state index contributed by atoms with van der Waals surface area (Å²) < 4.78 is 0. The van der Waals surface area contributed by atoms with Gasteiger partial charge in [0.25, 0.3) is 0 Å². The van der Waals surface area contributed by atoms with Crippen molar-refractivity contribution >= 4 is 136 Å². The molecule has 782 valence electrons. The number of nitrogens with zero attached hydrogens (tertiary/aromatic N) is 5. The Bertz CT molecular complexity index is 4470. The summed E-state index contributed by atoms with van der Waals surface area (Å²) in [5, 5.41) is 69.7. The van der Waals surface area contributed by atoms with E-state index in [0.29, 0.717) is 76.4 Å². The third-order valence-electron chi connectivity index (χ3n) is 25.6. The fraction of sp³-hybridized carbons (Fsp3) is 0.730. The minimum absolute atomic E-state index is 0.00725. The van der Waals surface area contributed by atoms with Gasteiger partial charge in [0.15, 0.2) is 11.9 Å². The number of carbonyl (C=O) groups excluding carboxylic acids is 19. The van der Waals surface area contributed by atoms with Gasteiger partial charge in [-0.25, -0.2) is 9.78 Å². The SMILES string of the molecule is CC(C)C[C@H](NC(=O)[C@H](CCCNC(=N)N)NC(=O)[C@H](C)N)C(=O)N1CCC[C@H]1C(=O)N[C@@H](CCCNC(=N)N)C(=O)N[C@H](C(=O)N[C@@H](C)C(=O)N[C@H](C(=O)N[C@@H](Cc1cnc[nH]1)C(=O)N1CCC[C@H]1C(=O)N[C@@H](CCCCN)C(=O)N1CCC[C@H]1C(=O)N[C@@H](C)C(=O)N[C@@H](CCC(N)=O)C(=O)N1CCC[C@H]1C(=O)N[C@@H](CCCCNC(=O)CCCC[C@@H]1SC[C@@H]2NC(=O)N[C@@H]21)C(N)=O)C(C)C)[C@@H](C)O. The number of unbranched alkanes of at least 4 members (excludes halogenated alkanes) is 3. The highest BCUT2D eigenvalue weighted by Crippen LogP contribution is 2.34.